The van der Waals surface area contributed by atoms with Crippen molar-refractivity contribution in [2.75, 3.05) is 4.72 Å². The van der Waals surface area contributed by atoms with Gasteiger partial charge in [0.1, 0.15) is 12.4 Å². The number of benzene rings is 3. The number of hydrogen-bond donors (Lipinski definition) is 1. The average Bonchev–Trinajstić information content (AvgIpc) is 2.62. The van der Waals surface area contributed by atoms with Crippen LogP contribution in [0, 0.1) is 0 Å². The van der Waals surface area contributed by atoms with Crippen molar-refractivity contribution in [2.45, 2.75) is 11.5 Å². The van der Waals surface area contributed by atoms with E-state index >= 15 is 0 Å². The minimum absolute atomic E-state index is 0.154. The molecule has 0 aliphatic rings. The summed E-state index contributed by atoms with van der Waals surface area (Å²) < 4.78 is 32.9. The Kier molecular flexibility index (Phi) is 5.26. The molecule has 0 heterocycles. The van der Waals surface area contributed by atoms with Crippen molar-refractivity contribution in [2.24, 2.45) is 0 Å². The molecule has 0 radical (unpaired) electrons. The summed E-state index contributed by atoms with van der Waals surface area (Å²) in [4.78, 5) is 0.154. The molecule has 0 fully saturated rings. The van der Waals surface area contributed by atoms with Crippen LogP contribution in [0.5, 0.6) is 5.75 Å². The summed E-state index contributed by atoms with van der Waals surface area (Å²) in [6.45, 7) is 0.455. The lowest BCUT2D eigenvalue weighted by Gasteiger charge is -2.10. The van der Waals surface area contributed by atoms with Crippen molar-refractivity contribution in [3.63, 3.8) is 0 Å². The third-order valence-corrected chi connectivity index (χ3v) is 5.13. The van der Waals surface area contributed by atoms with E-state index in [1.807, 2.05) is 30.3 Å². The predicted molar refractivity (Wildman–Crippen MR) is 99.5 cm³/mol. The molecule has 0 saturated carbocycles. The molecule has 6 heteroatoms. The molecule has 0 saturated heterocycles. The largest absolute Gasteiger partial charge is 0.489 e. The van der Waals surface area contributed by atoms with Gasteiger partial charge in [0.2, 0.25) is 0 Å². The van der Waals surface area contributed by atoms with Gasteiger partial charge in [-0.25, -0.2) is 8.42 Å². The molecule has 0 atom stereocenters. The van der Waals surface area contributed by atoms with Gasteiger partial charge in [0, 0.05) is 10.7 Å². The highest BCUT2D eigenvalue weighted by Gasteiger charge is 2.13. The molecule has 0 aliphatic carbocycles. The maximum Gasteiger partial charge on any atom is 0.261 e. The van der Waals surface area contributed by atoms with E-state index in [4.69, 9.17) is 16.3 Å². The molecule has 3 aromatic rings. The van der Waals surface area contributed by atoms with Gasteiger partial charge >= 0.3 is 0 Å². The number of nitrogens with one attached hydrogen (secondary N) is 1. The molecule has 25 heavy (non-hydrogen) atoms. The van der Waals surface area contributed by atoms with Gasteiger partial charge in [0.05, 0.1) is 4.90 Å². The molecule has 0 unspecified atom stereocenters. The number of hydrogen-bond acceptors (Lipinski definition) is 3. The number of ether oxygens (including phenoxy) is 1. The van der Waals surface area contributed by atoms with Crippen LogP contribution in [0.4, 0.5) is 5.69 Å². The summed E-state index contributed by atoms with van der Waals surface area (Å²) in [5.41, 5.74) is 1.53. The van der Waals surface area contributed by atoms with Crippen molar-refractivity contribution >= 4 is 27.3 Å². The summed E-state index contributed by atoms with van der Waals surface area (Å²) in [5, 5.41) is 0.485. The van der Waals surface area contributed by atoms with Crippen molar-refractivity contribution in [3.05, 3.63) is 89.4 Å². The lowest BCUT2D eigenvalue weighted by Crippen LogP contribution is -2.12. The zero-order valence-electron chi connectivity index (χ0n) is 13.2. The molecule has 0 aliphatic heterocycles. The average molecular weight is 374 g/mol. The Labute approximate surface area is 152 Å². The summed E-state index contributed by atoms with van der Waals surface area (Å²) in [7, 11) is -3.65. The first-order chi connectivity index (χ1) is 12.0. The maximum absolute atomic E-state index is 12.3. The fraction of sp³-hybridized carbons (Fsp3) is 0.0526. The zero-order chi connectivity index (χ0) is 17.7. The second kappa shape index (κ2) is 7.59. The first-order valence-electron chi connectivity index (χ1n) is 7.58. The summed E-state index contributed by atoms with van der Waals surface area (Å²) >= 11 is 5.78. The van der Waals surface area contributed by atoms with Crippen LogP contribution < -0.4 is 9.46 Å². The van der Waals surface area contributed by atoms with Crippen LogP contribution in [-0.2, 0) is 16.6 Å². The summed E-state index contributed by atoms with van der Waals surface area (Å²) in [6.07, 6.45) is 0. The molecular formula is C19H16ClNO3S. The quantitative estimate of drug-likeness (QED) is 0.680. The van der Waals surface area contributed by atoms with E-state index in [-0.39, 0.29) is 4.90 Å². The smallest absolute Gasteiger partial charge is 0.261 e. The number of rotatable bonds is 6. The Balaban J connectivity index is 1.65. The lowest BCUT2D eigenvalue weighted by molar-refractivity contribution is 0.306. The van der Waals surface area contributed by atoms with E-state index in [2.05, 4.69) is 4.72 Å². The molecule has 0 bridgehead atoms. The number of anilines is 1. The normalized spacial score (nSPS) is 11.1. The van der Waals surface area contributed by atoms with Gasteiger partial charge in [0.15, 0.2) is 0 Å². The Hall–Kier alpha value is -2.50. The van der Waals surface area contributed by atoms with Crippen molar-refractivity contribution < 1.29 is 13.2 Å². The third kappa shape index (κ3) is 4.75. The van der Waals surface area contributed by atoms with Crippen molar-refractivity contribution in [1.29, 1.82) is 0 Å². The topological polar surface area (TPSA) is 55.4 Å². The van der Waals surface area contributed by atoms with Crippen LogP contribution in [0.25, 0.3) is 0 Å². The van der Waals surface area contributed by atoms with E-state index in [0.29, 0.717) is 23.1 Å². The van der Waals surface area contributed by atoms with Crippen LogP contribution in [-0.4, -0.2) is 8.42 Å². The van der Waals surface area contributed by atoms with Crippen molar-refractivity contribution in [3.8, 4) is 5.75 Å². The van der Waals surface area contributed by atoms with Crippen LogP contribution in [0.15, 0.2) is 83.8 Å². The predicted octanol–water partition coefficient (Wildman–Crippen LogP) is 4.72. The van der Waals surface area contributed by atoms with Crippen LogP contribution in [0.3, 0.4) is 0 Å². The highest BCUT2D eigenvalue weighted by Crippen LogP contribution is 2.21. The highest BCUT2D eigenvalue weighted by molar-refractivity contribution is 7.92. The van der Waals surface area contributed by atoms with Crippen molar-refractivity contribution in [1.82, 2.24) is 0 Å². The molecular weight excluding hydrogens is 358 g/mol. The summed E-state index contributed by atoms with van der Waals surface area (Å²) in [6, 6.07) is 22.6. The van der Waals surface area contributed by atoms with Crippen LogP contribution in [0.1, 0.15) is 5.56 Å². The minimum Gasteiger partial charge on any atom is -0.489 e. The van der Waals surface area contributed by atoms with E-state index in [9.17, 15) is 8.42 Å². The fourth-order valence-electron chi connectivity index (χ4n) is 2.19. The first kappa shape index (κ1) is 17.3. The van der Waals surface area contributed by atoms with Gasteiger partial charge in [-0.1, -0.05) is 41.9 Å². The molecule has 1 N–H and O–H groups in total. The van der Waals surface area contributed by atoms with Gasteiger partial charge in [-0.15, -0.1) is 0 Å². The van der Waals surface area contributed by atoms with Crippen LogP contribution in [0.2, 0.25) is 5.02 Å². The summed E-state index contributed by atoms with van der Waals surface area (Å²) in [5.74, 6) is 0.665. The molecule has 0 spiro atoms. The Morgan fingerprint density at radius 2 is 1.48 bits per heavy atom. The third-order valence-electron chi connectivity index (χ3n) is 3.48. The number of sulfonamides is 1. The molecule has 128 valence electrons. The molecule has 3 aromatic carbocycles. The van der Waals surface area contributed by atoms with Crippen LogP contribution >= 0.6 is 11.6 Å². The molecule has 3 rings (SSSR count). The lowest BCUT2D eigenvalue weighted by atomic mass is 10.2. The molecule has 0 amide bonds. The van der Waals surface area contributed by atoms with Gasteiger partial charge < -0.3 is 4.74 Å². The Morgan fingerprint density at radius 3 is 2.12 bits per heavy atom. The second-order valence-electron chi connectivity index (χ2n) is 5.36. The number of halogens is 1. The van der Waals surface area contributed by atoms with Gasteiger partial charge in [-0.2, -0.15) is 0 Å². The molecule has 4 nitrogen and oxygen atoms in total. The molecule has 0 aromatic heterocycles. The zero-order valence-corrected chi connectivity index (χ0v) is 14.8. The highest BCUT2D eigenvalue weighted by atomic mass is 35.5. The Morgan fingerprint density at radius 1 is 0.840 bits per heavy atom. The second-order valence-corrected chi connectivity index (χ2v) is 7.48. The van der Waals surface area contributed by atoms with Gasteiger partial charge in [-0.3, -0.25) is 4.72 Å². The Bertz CT molecular complexity index is 925. The van der Waals surface area contributed by atoms with Gasteiger partial charge in [-0.05, 0) is 54.1 Å². The van der Waals surface area contributed by atoms with E-state index in [0.717, 1.165) is 5.56 Å². The first-order valence-corrected chi connectivity index (χ1v) is 9.44. The van der Waals surface area contributed by atoms with Gasteiger partial charge in [0.25, 0.3) is 10.0 Å². The standard InChI is InChI=1S/C19H16ClNO3S/c20-16-6-12-19(13-7-16)25(22,23)21-17-8-10-18(11-9-17)24-14-15-4-2-1-3-5-15/h1-13,21H,14H2. The maximum atomic E-state index is 12.3. The van der Waals surface area contributed by atoms with E-state index in [1.165, 1.54) is 24.3 Å². The van der Waals surface area contributed by atoms with E-state index < -0.39 is 10.0 Å². The monoisotopic (exact) mass is 373 g/mol. The fourth-order valence-corrected chi connectivity index (χ4v) is 3.37. The SMILES string of the molecule is O=S(=O)(Nc1ccc(OCc2ccccc2)cc1)c1ccc(Cl)cc1. The minimum atomic E-state index is -3.65. The van der Waals surface area contributed by atoms with E-state index in [1.54, 1.807) is 24.3 Å².